The van der Waals surface area contributed by atoms with Crippen LogP contribution in [0.2, 0.25) is 0 Å². The second kappa shape index (κ2) is 7.75. The minimum atomic E-state index is 0.428. The van der Waals surface area contributed by atoms with E-state index in [4.69, 9.17) is 0 Å². The molecular weight excluding hydrogens is 310 g/mol. The first-order valence-corrected chi connectivity index (χ1v) is 8.47. The van der Waals surface area contributed by atoms with Gasteiger partial charge in [-0.25, -0.2) is 0 Å². The highest BCUT2D eigenvalue weighted by molar-refractivity contribution is 5.61. The summed E-state index contributed by atoms with van der Waals surface area (Å²) in [6, 6.07) is 16.5. The quantitative estimate of drug-likeness (QED) is 0.687. The Morgan fingerprint density at radius 2 is 1.76 bits per heavy atom. The lowest BCUT2D eigenvalue weighted by Crippen LogP contribution is -2.07. The average Bonchev–Trinajstić information content (AvgIpc) is 2.62. The molecule has 0 aliphatic heterocycles. The zero-order valence-corrected chi connectivity index (χ0v) is 14.8. The topological polar surface area (TPSA) is 62.7 Å². The van der Waals surface area contributed by atoms with Crippen molar-refractivity contribution in [3.05, 3.63) is 71.4 Å². The maximum Gasteiger partial charge on any atom is 0.244 e. The molecule has 0 saturated heterocycles. The molecule has 0 radical (unpaired) electrons. The molecule has 25 heavy (non-hydrogen) atoms. The molecule has 1 aromatic heterocycles. The summed E-state index contributed by atoms with van der Waals surface area (Å²) < 4.78 is 0. The molecule has 2 N–H and O–H groups in total. The number of aryl methyl sites for hydroxylation is 1. The zero-order chi connectivity index (χ0) is 17.6. The van der Waals surface area contributed by atoms with Crippen LogP contribution in [0.5, 0.6) is 0 Å². The van der Waals surface area contributed by atoms with Gasteiger partial charge in [0.15, 0.2) is 5.82 Å². The van der Waals surface area contributed by atoms with E-state index in [1.807, 2.05) is 24.3 Å². The van der Waals surface area contributed by atoms with Crippen LogP contribution in [0.3, 0.4) is 0 Å². The van der Waals surface area contributed by atoms with Crippen LogP contribution < -0.4 is 10.6 Å². The lowest BCUT2D eigenvalue weighted by atomic mass is 10.0. The van der Waals surface area contributed by atoms with Crippen LogP contribution in [-0.2, 0) is 6.54 Å². The number of nitrogens with one attached hydrogen (secondary N) is 2. The summed E-state index contributed by atoms with van der Waals surface area (Å²) in [4.78, 5) is 4.52. The highest BCUT2D eigenvalue weighted by Gasteiger charge is 2.08. The van der Waals surface area contributed by atoms with E-state index < -0.39 is 0 Å². The van der Waals surface area contributed by atoms with Crippen LogP contribution in [0, 0.1) is 6.92 Å². The Balaban J connectivity index is 1.73. The highest BCUT2D eigenvalue weighted by atomic mass is 15.3. The van der Waals surface area contributed by atoms with Crippen molar-refractivity contribution >= 4 is 17.5 Å². The van der Waals surface area contributed by atoms with Crippen LogP contribution in [0.1, 0.15) is 36.5 Å². The lowest BCUT2D eigenvalue weighted by Gasteiger charge is -2.14. The van der Waals surface area contributed by atoms with Crippen molar-refractivity contribution in [2.24, 2.45) is 0 Å². The number of benzene rings is 2. The molecule has 0 aliphatic rings. The predicted octanol–water partition coefficient (Wildman–Crippen LogP) is 4.66. The summed E-state index contributed by atoms with van der Waals surface area (Å²) in [5.41, 5.74) is 4.75. The maximum absolute atomic E-state index is 4.52. The molecule has 0 saturated carbocycles. The standard InChI is InChI=1S/C20H23N5/c1-14(2)17-10-6-7-11-18(17)23-19-13-22-25-20(24-19)21-12-16-9-5-4-8-15(16)3/h4-11,13-14H,12H2,1-3H3,(H2,21,23,24,25). The summed E-state index contributed by atoms with van der Waals surface area (Å²) in [5, 5.41) is 14.7. The summed E-state index contributed by atoms with van der Waals surface area (Å²) in [5.74, 6) is 1.61. The highest BCUT2D eigenvalue weighted by Crippen LogP contribution is 2.26. The van der Waals surface area contributed by atoms with Crippen LogP contribution in [0.4, 0.5) is 17.5 Å². The number of aromatic nitrogens is 3. The van der Waals surface area contributed by atoms with E-state index in [1.54, 1.807) is 6.20 Å². The molecule has 128 valence electrons. The van der Waals surface area contributed by atoms with Gasteiger partial charge in [0.2, 0.25) is 5.95 Å². The van der Waals surface area contributed by atoms with Crippen molar-refractivity contribution in [2.75, 3.05) is 10.6 Å². The van der Waals surface area contributed by atoms with Crippen molar-refractivity contribution in [2.45, 2.75) is 33.2 Å². The second-order valence-corrected chi connectivity index (χ2v) is 6.31. The van der Waals surface area contributed by atoms with Gasteiger partial charge in [-0.1, -0.05) is 56.3 Å². The van der Waals surface area contributed by atoms with E-state index in [0.717, 1.165) is 5.69 Å². The Bertz CT molecular complexity index is 845. The lowest BCUT2D eigenvalue weighted by molar-refractivity contribution is 0.868. The van der Waals surface area contributed by atoms with Gasteiger partial charge in [0.05, 0.1) is 6.20 Å². The van der Waals surface area contributed by atoms with Crippen LogP contribution in [0.25, 0.3) is 0 Å². The monoisotopic (exact) mass is 333 g/mol. The Morgan fingerprint density at radius 3 is 2.56 bits per heavy atom. The SMILES string of the molecule is Cc1ccccc1CNc1nncc(Nc2ccccc2C(C)C)n1. The Morgan fingerprint density at radius 1 is 1.00 bits per heavy atom. The zero-order valence-electron chi connectivity index (χ0n) is 14.8. The van der Waals surface area contributed by atoms with E-state index in [-0.39, 0.29) is 0 Å². The molecular formula is C20H23N5. The largest absolute Gasteiger partial charge is 0.349 e. The van der Waals surface area contributed by atoms with Crippen molar-refractivity contribution in [3.63, 3.8) is 0 Å². The van der Waals surface area contributed by atoms with Crippen LogP contribution in [0.15, 0.2) is 54.7 Å². The number of hydrogen-bond acceptors (Lipinski definition) is 5. The number of anilines is 3. The smallest absolute Gasteiger partial charge is 0.244 e. The van der Waals surface area contributed by atoms with Gasteiger partial charge in [-0.3, -0.25) is 0 Å². The summed E-state index contributed by atoms with van der Waals surface area (Å²) in [6.07, 6.45) is 1.63. The van der Waals surface area contributed by atoms with E-state index >= 15 is 0 Å². The van der Waals surface area contributed by atoms with Gasteiger partial charge < -0.3 is 10.6 Å². The number of hydrogen-bond donors (Lipinski definition) is 2. The summed E-state index contributed by atoms with van der Waals surface area (Å²) >= 11 is 0. The van der Waals surface area contributed by atoms with Crippen molar-refractivity contribution in [1.29, 1.82) is 0 Å². The fraction of sp³-hybridized carbons (Fsp3) is 0.250. The van der Waals surface area contributed by atoms with E-state index in [2.05, 4.69) is 70.9 Å². The normalized spacial score (nSPS) is 10.7. The fourth-order valence-corrected chi connectivity index (χ4v) is 2.67. The number of nitrogens with zero attached hydrogens (tertiary/aromatic N) is 3. The maximum atomic E-state index is 4.52. The molecule has 0 atom stereocenters. The molecule has 0 aliphatic carbocycles. The van der Waals surface area contributed by atoms with Crippen LogP contribution in [-0.4, -0.2) is 15.2 Å². The third-order valence-electron chi connectivity index (χ3n) is 4.10. The molecule has 0 spiro atoms. The van der Waals surface area contributed by atoms with Gasteiger partial charge in [0.1, 0.15) is 0 Å². The molecule has 1 heterocycles. The van der Waals surface area contributed by atoms with Gasteiger partial charge in [-0.05, 0) is 35.6 Å². The van der Waals surface area contributed by atoms with Crippen LogP contribution >= 0.6 is 0 Å². The van der Waals surface area contributed by atoms with Crippen molar-refractivity contribution < 1.29 is 0 Å². The molecule has 5 heteroatoms. The molecule has 0 amide bonds. The predicted molar refractivity (Wildman–Crippen MR) is 102 cm³/mol. The molecule has 0 bridgehead atoms. The Kier molecular flexibility index (Phi) is 5.23. The Labute approximate surface area is 148 Å². The van der Waals surface area contributed by atoms with E-state index in [1.165, 1.54) is 16.7 Å². The van der Waals surface area contributed by atoms with Gasteiger partial charge in [0, 0.05) is 12.2 Å². The minimum absolute atomic E-state index is 0.428. The van der Waals surface area contributed by atoms with Gasteiger partial charge in [-0.2, -0.15) is 10.1 Å². The van der Waals surface area contributed by atoms with Gasteiger partial charge in [-0.15, -0.1) is 5.10 Å². The Hall–Kier alpha value is -2.95. The summed E-state index contributed by atoms with van der Waals surface area (Å²) in [7, 11) is 0. The molecule has 0 fully saturated rings. The van der Waals surface area contributed by atoms with Gasteiger partial charge in [0.25, 0.3) is 0 Å². The third-order valence-corrected chi connectivity index (χ3v) is 4.10. The average molecular weight is 333 g/mol. The number of rotatable bonds is 6. The summed E-state index contributed by atoms with van der Waals surface area (Å²) in [6.45, 7) is 7.11. The first-order valence-electron chi connectivity index (χ1n) is 8.47. The van der Waals surface area contributed by atoms with E-state index in [9.17, 15) is 0 Å². The minimum Gasteiger partial charge on any atom is -0.349 e. The first kappa shape index (κ1) is 16.9. The molecule has 5 nitrogen and oxygen atoms in total. The number of para-hydroxylation sites is 1. The molecule has 2 aromatic carbocycles. The molecule has 0 unspecified atom stereocenters. The van der Waals surface area contributed by atoms with Gasteiger partial charge >= 0.3 is 0 Å². The van der Waals surface area contributed by atoms with Crippen molar-refractivity contribution in [1.82, 2.24) is 15.2 Å². The first-order chi connectivity index (χ1) is 12.1. The third kappa shape index (κ3) is 4.32. The second-order valence-electron chi connectivity index (χ2n) is 6.31. The molecule has 3 aromatic rings. The fourth-order valence-electron chi connectivity index (χ4n) is 2.67. The van der Waals surface area contributed by atoms with E-state index in [0.29, 0.717) is 24.2 Å². The van der Waals surface area contributed by atoms with Crippen molar-refractivity contribution in [3.8, 4) is 0 Å². The molecule has 3 rings (SSSR count).